The van der Waals surface area contributed by atoms with Gasteiger partial charge in [-0.25, -0.2) is 8.42 Å². The molecular formula is C21H25N5O3S. The van der Waals surface area contributed by atoms with E-state index in [0.29, 0.717) is 24.3 Å². The fourth-order valence-electron chi connectivity index (χ4n) is 3.13. The normalized spacial score (nSPS) is 11.6. The molecule has 0 saturated heterocycles. The van der Waals surface area contributed by atoms with Crippen molar-refractivity contribution in [3.05, 3.63) is 66.0 Å². The van der Waals surface area contributed by atoms with Crippen LogP contribution in [0, 0.1) is 0 Å². The summed E-state index contributed by atoms with van der Waals surface area (Å²) in [6.07, 6.45) is 1.72. The average molecular weight is 428 g/mol. The van der Waals surface area contributed by atoms with Crippen molar-refractivity contribution in [1.29, 1.82) is 0 Å². The first-order valence-corrected chi connectivity index (χ1v) is 11.1. The first-order valence-electron chi connectivity index (χ1n) is 9.69. The number of sulfonamides is 1. The molecule has 158 valence electrons. The number of hydrogen-bond donors (Lipinski definition) is 1. The molecule has 30 heavy (non-hydrogen) atoms. The Bertz CT molecular complexity index is 1110. The van der Waals surface area contributed by atoms with Gasteiger partial charge in [0.25, 0.3) is 5.91 Å². The number of benzene rings is 1. The number of aryl methyl sites for hydroxylation is 1. The number of aromatic nitrogens is 3. The van der Waals surface area contributed by atoms with Gasteiger partial charge in [0.2, 0.25) is 10.0 Å². The van der Waals surface area contributed by atoms with Gasteiger partial charge in [0.05, 0.1) is 28.5 Å². The van der Waals surface area contributed by atoms with Crippen LogP contribution in [0.15, 0.2) is 59.6 Å². The highest BCUT2D eigenvalue weighted by Gasteiger charge is 2.21. The van der Waals surface area contributed by atoms with Gasteiger partial charge in [-0.05, 0) is 42.5 Å². The Balaban J connectivity index is 1.67. The monoisotopic (exact) mass is 427 g/mol. The molecule has 1 aromatic carbocycles. The molecule has 0 unspecified atom stereocenters. The summed E-state index contributed by atoms with van der Waals surface area (Å²) in [4.78, 5) is 17.0. The summed E-state index contributed by atoms with van der Waals surface area (Å²) in [5.41, 5.74) is 2.74. The van der Waals surface area contributed by atoms with Crippen LogP contribution in [0.3, 0.4) is 0 Å². The average Bonchev–Trinajstić information content (AvgIpc) is 3.14. The maximum atomic E-state index is 12.5. The van der Waals surface area contributed by atoms with Crippen molar-refractivity contribution < 1.29 is 13.2 Å². The van der Waals surface area contributed by atoms with Crippen molar-refractivity contribution in [3.63, 3.8) is 0 Å². The lowest BCUT2D eigenvalue weighted by molar-refractivity contribution is 0.0950. The highest BCUT2D eigenvalue weighted by Crippen LogP contribution is 2.18. The van der Waals surface area contributed by atoms with E-state index < -0.39 is 10.0 Å². The molecule has 9 heteroatoms. The van der Waals surface area contributed by atoms with Gasteiger partial charge in [0, 0.05) is 31.9 Å². The van der Waals surface area contributed by atoms with E-state index in [1.54, 1.807) is 24.7 Å². The topological polar surface area (TPSA) is 97.2 Å². The standard InChI is InChI=1S/C21H25N5O3S/c1-4-26(5-2)30(28,29)18-11-9-16(10-12-18)21(27)23-15-17-14-20(25(3)24-17)19-8-6-7-13-22-19/h6-14H,4-5,15H2,1-3H3,(H,23,27). The molecule has 0 bridgehead atoms. The van der Waals surface area contributed by atoms with Crippen molar-refractivity contribution >= 4 is 15.9 Å². The van der Waals surface area contributed by atoms with E-state index >= 15 is 0 Å². The van der Waals surface area contributed by atoms with Gasteiger partial charge in [-0.15, -0.1) is 0 Å². The molecule has 0 atom stereocenters. The van der Waals surface area contributed by atoms with E-state index in [-0.39, 0.29) is 17.3 Å². The molecule has 0 aliphatic heterocycles. The van der Waals surface area contributed by atoms with Crippen LogP contribution < -0.4 is 5.32 Å². The minimum Gasteiger partial charge on any atom is -0.346 e. The first kappa shape index (κ1) is 21.7. The second kappa shape index (κ2) is 9.19. The van der Waals surface area contributed by atoms with E-state index in [1.165, 1.54) is 28.6 Å². The molecule has 3 aromatic rings. The van der Waals surface area contributed by atoms with Crippen LogP contribution in [-0.4, -0.2) is 46.5 Å². The lowest BCUT2D eigenvalue weighted by Crippen LogP contribution is -2.30. The molecule has 0 radical (unpaired) electrons. The molecule has 1 N–H and O–H groups in total. The molecule has 2 heterocycles. The summed E-state index contributed by atoms with van der Waals surface area (Å²) in [6, 6.07) is 13.5. The largest absolute Gasteiger partial charge is 0.346 e. The fourth-order valence-corrected chi connectivity index (χ4v) is 4.59. The zero-order valence-corrected chi connectivity index (χ0v) is 18.1. The quantitative estimate of drug-likeness (QED) is 0.596. The van der Waals surface area contributed by atoms with Gasteiger partial charge < -0.3 is 5.32 Å². The minimum atomic E-state index is -3.54. The molecule has 0 aliphatic carbocycles. The third-order valence-electron chi connectivity index (χ3n) is 4.75. The van der Waals surface area contributed by atoms with Gasteiger partial charge in [-0.3, -0.25) is 14.5 Å². The summed E-state index contributed by atoms with van der Waals surface area (Å²) < 4.78 is 28.2. The third kappa shape index (κ3) is 4.58. The maximum absolute atomic E-state index is 12.5. The Morgan fingerprint density at radius 1 is 1.10 bits per heavy atom. The molecule has 8 nitrogen and oxygen atoms in total. The number of pyridine rings is 1. The smallest absolute Gasteiger partial charge is 0.251 e. The first-order chi connectivity index (χ1) is 14.4. The van der Waals surface area contributed by atoms with E-state index in [1.807, 2.05) is 31.3 Å². The van der Waals surface area contributed by atoms with Gasteiger partial charge in [0.1, 0.15) is 0 Å². The van der Waals surface area contributed by atoms with Crippen LogP contribution in [0.25, 0.3) is 11.4 Å². The Morgan fingerprint density at radius 3 is 2.40 bits per heavy atom. The van der Waals surface area contributed by atoms with E-state index in [0.717, 1.165) is 11.4 Å². The van der Waals surface area contributed by atoms with Crippen molar-refractivity contribution in [3.8, 4) is 11.4 Å². The number of nitrogens with one attached hydrogen (secondary N) is 1. The number of carbonyl (C=O) groups excluding carboxylic acids is 1. The summed E-state index contributed by atoms with van der Waals surface area (Å²) in [5.74, 6) is -0.299. The van der Waals surface area contributed by atoms with Crippen LogP contribution in [-0.2, 0) is 23.6 Å². The van der Waals surface area contributed by atoms with Crippen molar-refractivity contribution in [2.24, 2.45) is 7.05 Å². The maximum Gasteiger partial charge on any atom is 0.251 e. The Morgan fingerprint density at radius 2 is 1.80 bits per heavy atom. The number of hydrogen-bond acceptors (Lipinski definition) is 5. The van der Waals surface area contributed by atoms with Crippen LogP contribution in [0.1, 0.15) is 29.9 Å². The summed E-state index contributed by atoms with van der Waals surface area (Å²) in [6.45, 7) is 4.62. The van der Waals surface area contributed by atoms with Crippen LogP contribution in [0.2, 0.25) is 0 Å². The van der Waals surface area contributed by atoms with E-state index in [2.05, 4.69) is 15.4 Å². The molecule has 0 spiro atoms. The lowest BCUT2D eigenvalue weighted by atomic mass is 10.2. The summed E-state index contributed by atoms with van der Waals surface area (Å²) in [5, 5.41) is 7.23. The lowest BCUT2D eigenvalue weighted by Gasteiger charge is -2.18. The molecule has 1 amide bonds. The van der Waals surface area contributed by atoms with E-state index in [4.69, 9.17) is 0 Å². The molecule has 0 aliphatic rings. The van der Waals surface area contributed by atoms with Crippen LogP contribution >= 0.6 is 0 Å². The Hall–Kier alpha value is -3.04. The summed E-state index contributed by atoms with van der Waals surface area (Å²) in [7, 11) is -1.72. The van der Waals surface area contributed by atoms with Gasteiger partial charge >= 0.3 is 0 Å². The predicted molar refractivity (Wildman–Crippen MR) is 114 cm³/mol. The number of amides is 1. The SMILES string of the molecule is CCN(CC)S(=O)(=O)c1ccc(C(=O)NCc2cc(-c3ccccn3)n(C)n2)cc1. The van der Waals surface area contributed by atoms with Crippen LogP contribution in [0.4, 0.5) is 0 Å². The zero-order valence-electron chi connectivity index (χ0n) is 17.2. The van der Waals surface area contributed by atoms with Crippen molar-refractivity contribution in [2.45, 2.75) is 25.3 Å². The summed E-state index contributed by atoms with van der Waals surface area (Å²) >= 11 is 0. The number of nitrogens with zero attached hydrogens (tertiary/aromatic N) is 4. The second-order valence-electron chi connectivity index (χ2n) is 6.66. The molecule has 2 aromatic heterocycles. The van der Waals surface area contributed by atoms with Gasteiger partial charge in [-0.1, -0.05) is 19.9 Å². The molecule has 3 rings (SSSR count). The van der Waals surface area contributed by atoms with Crippen molar-refractivity contribution in [2.75, 3.05) is 13.1 Å². The highest BCUT2D eigenvalue weighted by molar-refractivity contribution is 7.89. The fraction of sp³-hybridized carbons (Fsp3) is 0.286. The van der Waals surface area contributed by atoms with Gasteiger partial charge in [-0.2, -0.15) is 9.40 Å². The van der Waals surface area contributed by atoms with E-state index in [9.17, 15) is 13.2 Å². The highest BCUT2D eigenvalue weighted by atomic mass is 32.2. The van der Waals surface area contributed by atoms with Crippen molar-refractivity contribution in [1.82, 2.24) is 24.4 Å². The van der Waals surface area contributed by atoms with Gasteiger partial charge in [0.15, 0.2) is 0 Å². The number of carbonyl (C=O) groups is 1. The Kier molecular flexibility index (Phi) is 6.63. The zero-order chi connectivity index (χ0) is 21.7. The predicted octanol–water partition coefficient (Wildman–Crippen LogP) is 2.44. The minimum absolute atomic E-state index is 0.174. The second-order valence-corrected chi connectivity index (χ2v) is 8.59. The third-order valence-corrected chi connectivity index (χ3v) is 6.81. The van der Waals surface area contributed by atoms with Crippen LogP contribution in [0.5, 0.6) is 0 Å². The molecule has 0 fully saturated rings. The number of rotatable bonds is 8. The molecular weight excluding hydrogens is 402 g/mol. The molecule has 0 saturated carbocycles. The Labute approximate surface area is 176 Å².